The Balaban J connectivity index is 1.95. The van der Waals surface area contributed by atoms with Gasteiger partial charge < -0.3 is 5.11 Å². The van der Waals surface area contributed by atoms with Crippen molar-refractivity contribution in [3.8, 4) is 5.75 Å². The third-order valence-electron chi connectivity index (χ3n) is 4.73. The summed E-state index contributed by atoms with van der Waals surface area (Å²) < 4.78 is 14.8. The summed E-state index contributed by atoms with van der Waals surface area (Å²) in [4.78, 5) is 25.5. The van der Waals surface area contributed by atoms with Gasteiger partial charge in [-0.1, -0.05) is 38.0 Å². The average molecular weight is 410 g/mol. The van der Waals surface area contributed by atoms with Crippen LogP contribution in [0.15, 0.2) is 52.4 Å². The summed E-state index contributed by atoms with van der Waals surface area (Å²) >= 11 is 0. The lowest BCUT2D eigenvalue weighted by atomic mass is 10.1. The van der Waals surface area contributed by atoms with Gasteiger partial charge in [0, 0.05) is 17.5 Å². The first-order valence-corrected chi connectivity index (χ1v) is 9.75. The smallest absolute Gasteiger partial charge is 0.292 e. The molecule has 7 nitrogen and oxygen atoms in total. The van der Waals surface area contributed by atoms with Crippen molar-refractivity contribution >= 4 is 22.4 Å². The van der Waals surface area contributed by atoms with E-state index < -0.39 is 11.7 Å². The maximum atomic E-state index is 13.5. The number of halogens is 1. The van der Waals surface area contributed by atoms with Gasteiger partial charge in [0.05, 0.1) is 11.1 Å². The van der Waals surface area contributed by atoms with E-state index >= 15 is 0 Å². The topological polar surface area (TPSA) is 96.6 Å². The average Bonchev–Trinajstić information content (AvgIpc) is 2.75. The third-order valence-corrected chi connectivity index (χ3v) is 4.73. The van der Waals surface area contributed by atoms with Crippen LogP contribution in [0.5, 0.6) is 5.75 Å². The number of nitrogens with one attached hydrogen (secondary N) is 1. The van der Waals surface area contributed by atoms with E-state index in [0.717, 1.165) is 31.4 Å². The van der Waals surface area contributed by atoms with Crippen LogP contribution in [-0.2, 0) is 6.54 Å². The molecule has 8 heteroatoms. The molecule has 0 aliphatic heterocycles. The Kier molecular flexibility index (Phi) is 6.56. The van der Waals surface area contributed by atoms with E-state index in [1.807, 2.05) is 0 Å². The van der Waals surface area contributed by atoms with E-state index in [-0.39, 0.29) is 28.3 Å². The number of fused-ring (bicyclic) bond motifs is 1. The molecule has 0 bridgehead atoms. The first-order chi connectivity index (χ1) is 14.4. The number of unbranched alkanes of at least 4 members (excludes halogenated alkanes) is 2. The molecule has 0 aliphatic carbocycles. The number of nitrogens with zero attached hydrogens (tertiary/aromatic N) is 3. The molecule has 2 N–H and O–H groups in total. The summed E-state index contributed by atoms with van der Waals surface area (Å²) in [5, 5.41) is 19.0. The van der Waals surface area contributed by atoms with Crippen molar-refractivity contribution in [2.24, 2.45) is 5.10 Å². The predicted octanol–water partition coefficient (Wildman–Crippen LogP) is 3.59. The van der Waals surface area contributed by atoms with Gasteiger partial charge in [-0.25, -0.2) is 14.5 Å². The number of hydrogen-bond donors (Lipinski definition) is 2. The highest BCUT2D eigenvalue weighted by molar-refractivity contribution is 6.06. The number of rotatable bonds is 7. The van der Waals surface area contributed by atoms with Crippen molar-refractivity contribution < 1.29 is 14.3 Å². The van der Waals surface area contributed by atoms with Crippen molar-refractivity contribution in [1.29, 1.82) is 0 Å². The second-order valence-electron chi connectivity index (χ2n) is 6.93. The van der Waals surface area contributed by atoms with Gasteiger partial charge in [0.15, 0.2) is 5.69 Å². The van der Waals surface area contributed by atoms with E-state index in [1.165, 1.54) is 17.7 Å². The Morgan fingerprint density at radius 3 is 2.67 bits per heavy atom. The zero-order chi connectivity index (χ0) is 21.7. The van der Waals surface area contributed by atoms with E-state index in [0.29, 0.717) is 17.3 Å². The quantitative estimate of drug-likeness (QED) is 0.353. The maximum absolute atomic E-state index is 13.5. The molecule has 2 aromatic carbocycles. The van der Waals surface area contributed by atoms with Gasteiger partial charge in [-0.05, 0) is 37.6 Å². The molecule has 0 fully saturated rings. The molecule has 1 heterocycles. The Labute approximate surface area is 172 Å². The fourth-order valence-electron chi connectivity index (χ4n) is 3.11. The number of carbonyl (C=O) groups is 1. The largest absolute Gasteiger partial charge is 0.507 e. The molecule has 0 radical (unpaired) electrons. The summed E-state index contributed by atoms with van der Waals surface area (Å²) in [5.41, 5.74) is 2.60. The minimum absolute atomic E-state index is 0.0710. The highest BCUT2D eigenvalue weighted by Gasteiger charge is 2.17. The molecule has 0 atom stereocenters. The number of amides is 1. The van der Waals surface area contributed by atoms with Crippen LogP contribution in [0.4, 0.5) is 4.39 Å². The molecule has 0 saturated carbocycles. The van der Waals surface area contributed by atoms with Gasteiger partial charge in [-0.3, -0.25) is 9.59 Å². The van der Waals surface area contributed by atoms with Crippen LogP contribution in [0.3, 0.4) is 0 Å². The summed E-state index contributed by atoms with van der Waals surface area (Å²) in [6, 6.07) is 10.2. The summed E-state index contributed by atoms with van der Waals surface area (Å²) in [6.07, 6.45) is 2.72. The summed E-state index contributed by atoms with van der Waals surface area (Å²) in [5.74, 6) is -1.29. The number of hydrogen-bond acceptors (Lipinski definition) is 5. The number of carbonyl (C=O) groups excluding carboxylic acids is 1. The van der Waals surface area contributed by atoms with E-state index in [9.17, 15) is 19.1 Å². The molecule has 0 spiro atoms. The fraction of sp³-hybridized carbons (Fsp3) is 0.273. The van der Waals surface area contributed by atoms with Crippen molar-refractivity contribution in [3.63, 3.8) is 0 Å². The van der Waals surface area contributed by atoms with Crippen LogP contribution < -0.4 is 11.0 Å². The van der Waals surface area contributed by atoms with Crippen molar-refractivity contribution in [1.82, 2.24) is 15.2 Å². The molecular weight excluding hydrogens is 387 g/mol. The molecule has 0 saturated heterocycles. The predicted molar refractivity (Wildman–Crippen MR) is 113 cm³/mol. The van der Waals surface area contributed by atoms with Gasteiger partial charge in [-0.2, -0.15) is 10.2 Å². The highest BCUT2D eigenvalue weighted by Crippen LogP contribution is 2.19. The SMILES string of the molecule is CCCCCn1nc(C(=O)N/N=C(\C)c2cc(F)ccc2O)c2ccccc2c1=O. The Morgan fingerprint density at radius 2 is 1.93 bits per heavy atom. The number of benzene rings is 2. The number of aromatic hydroxyl groups is 1. The molecule has 1 aromatic heterocycles. The van der Waals surface area contributed by atoms with Gasteiger partial charge in [0.2, 0.25) is 0 Å². The van der Waals surface area contributed by atoms with E-state index in [1.54, 1.807) is 24.3 Å². The minimum atomic E-state index is -0.606. The van der Waals surface area contributed by atoms with Crippen molar-refractivity contribution in [2.45, 2.75) is 39.7 Å². The molecule has 0 aliphatic rings. The van der Waals surface area contributed by atoms with Crippen molar-refractivity contribution in [3.05, 3.63) is 69.9 Å². The number of phenols is 1. The first-order valence-electron chi connectivity index (χ1n) is 9.75. The Hall–Kier alpha value is -3.55. The number of hydrazone groups is 1. The van der Waals surface area contributed by atoms with Crippen LogP contribution in [0.2, 0.25) is 0 Å². The minimum Gasteiger partial charge on any atom is -0.507 e. The van der Waals surface area contributed by atoms with Gasteiger partial charge in [-0.15, -0.1) is 0 Å². The van der Waals surface area contributed by atoms with Crippen LogP contribution in [-0.4, -0.2) is 26.5 Å². The number of aryl methyl sites for hydroxylation is 1. The normalized spacial score (nSPS) is 11.6. The molecule has 3 rings (SSSR count). The Bertz CT molecular complexity index is 1170. The summed E-state index contributed by atoms with van der Waals surface area (Å²) in [6.45, 7) is 4.01. The zero-order valence-corrected chi connectivity index (χ0v) is 16.9. The van der Waals surface area contributed by atoms with E-state index in [2.05, 4.69) is 22.5 Å². The third kappa shape index (κ3) is 4.53. The number of phenolic OH excluding ortho intramolecular Hbond substituents is 1. The molecule has 1 amide bonds. The lowest BCUT2D eigenvalue weighted by Crippen LogP contribution is -2.29. The molecule has 156 valence electrons. The van der Waals surface area contributed by atoms with Crippen molar-refractivity contribution in [2.75, 3.05) is 0 Å². The van der Waals surface area contributed by atoms with Crippen LogP contribution in [0, 0.1) is 5.82 Å². The van der Waals surface area contributed by atoms with Gasteiger partial charge >= 0.3 is 0 Å². The monoisotopic (exact) mass is 410 g/mol. The fourth-order valence-corrected chi connectivity index (χ4v) is 3.11. The Morgan fingerprint density at radius 1 is 1.20 bits per heavy atom. The lowest BCUT2D eigenvalue weighted by molar-refractivity contribution is 0.0949. The van der Waals surface area contributed by atoms with E-state index in [4.69, 9.17) is 0 Å². The molecule has 0 unspecified atom stereocenters. The van der Waals surface area contributed by atoms with Gasteiger partial charge in [0.25, 0.3) is 11.5 Å². The van der Waals surface area contributed by atoms with Crippen LogP contribution in [0.1, 0.15) is 49.2 Å². The maximum Gasteiger partial charge on any atom is 0.292 e. The standard InChI is InChI=1S/C22H23FN4O3/c1-3-4-7-12-27-22(30)17-9-6-5-8-16(17)20(26-27)21(29)25-24-14(2)18-13-15(23)10-11-19(18)28/h5-6,8-11,13,28H,3-4,7,12H2,1-2H3,(H,25,29)/b24-14+. The second kappa shape index (κ2) is 9.30. The van der Waals surface area contributed by atoms with Gasteiger partial charge in [0.1, 0.15) is 11.6 Å². The molecule has 3 aromatic rings. The van der Waals surface area contributed by atoms with Crippen LogP contribution in [0.25, 0.3) is 10.8 Å². The zero-order valence-electron chi connectivity index (χ0n) is 16.9. The molecule has 30 heavy (non-hydrogen) atoms. The second-order valence-corrected chi connectivity index (χ2v) is 6.93. The highest BCUT2D eigenvalue weighted by atomic mass is 19.1. The summed E-state index contributed by atoms with van der Waals surface area (Å²) in [7, 11) is 0. The lowest BCUT2D eigenvalue weighted by Gasteiger charge is -2.10. The molecular formula is C22H23FN4O3. The van der Waals surface area contributed by atoms with Crippen LogP contribution >= 0.6 is 0 Å². The first kappa shape index (κ1) is 21.2. The number of aromatic nitrogens is 2.